The first kappa shape index (κ1) is 14.8. The fourth-order valence-corrected chi connectivity index (χ4v) is 2.33. The zero-order valence-corrected chi connectivity index (χ0v) is 12.8. The lowest BCUT2D eigenvalue weighted by molar-refractivity contribution is 0.700. The maximum atomic E-state index is 12.5. The number of rotatable bonds is 1. The van der Waals surface area contributed by atoms with Gasteiger partial charge in [0, 0.05) is 18.3 Å². The van der Waals surface area contributed by atoms with Crippen LogP contribution in [0.5, 0.6) is 0 Å². The molecule has 1 aromatic carbocycles. The van der Waals surface area contributed by atoms with Crippen molar-refractivity contribution in [2.45, 2.75) is 27.7 Å². The highest BCUT2D eigenvalue weighted by Gasteiger charge is 2.15. The lowest BCUT2D eigenvalue weighted by Gasteiger charge is -2.15. The lowest BCUT2D eigenvalue weighted by atomic mass is 10.0. The van der Waals surface area contributed by atoms with Crippen LogP contribution in [-0.4, -0.2) is 9.13 Å². The molecule has 0 aliphatic carbocycles. The second kappa shape index (κ2) is 5.06. The van der Waals surface area contributed by atoms with E-state index in [4.69, 9.17) is 5.26 Å². The lowest BCUT2D eigenvalue weighted by Crippen LogP contribution is -2.40. The SMILES string of the molecule is Cc1cc(-n2c(=O)c(C)c(C)n(C)c2=O)c(C)cc1C#N. The molecule has 0 saturated carbocycles. The molecule has 0 saturated heterocycles. The Bertz CT molecular complexity index is 858. The third kappa shape index (κ3) is 2.19. The molecular weight excluding hydrogens is 266 g/mol. The predicted octanol–water partition coefficient (Wildman–Crippen LogP) is 1.64. The summed E-state index contributed by atoms with van der Waals surface area (Å²) >= 11 is 0. The van der Waals surface area contributed by atoms with E-state index in [0.717, 1.165) is 11.1 Å². The van der Waals surface area contributed by atoms with Gasteiger partial charge in [-0.25, -0.2) is 9.36 Å². The number of aryl methyl sites for hydroxylation is 2. The summed E-state index contributed by atoms with van der Waals surface area (Å²) in [6, 6.07) is 5.52. The van der Waals surface area contributed by atoms with Gasteiger partial charge in [0.05, 0.1) is 17.3 Å². The van der Waals surface area contributed by atoms with Crippen molar-refractivity contribution >= 4 is 0 Å². The molecule has 0 aliphatic heterocycles. The van der Waals surface area contributed by atoms with Gasteiger partial charge in [-0.2, -0.15) is 5.26 Å². The van der Waals surface area contributed by atoms with Crippen molar-refractivity contribution in [3.63, 3.8) is 0 Å². The molecule has 0 bridgehead atoms. The minimum atomic E-state index is -0.379. The number of hydrogen-bond donors (Lipinski definition) is 0. The Morgan fingerprint density at radius 2 is 1.67 bits per heavy atom. The van der Waals surface area contributed by atoms with Gasteiger partial charge >= 0.3 is 5.69 Å². The highest BCUT2D eigenvalue weighted by molar-refractivity contribution is 5.51. The van der Waals surface area contributed by atoms with Gasteiger partial charge in [-0.3, -0.25) is 4.79 Å². The first-order valence-corrected chi connectivity index (χ1v) is 6.60. The van der Waals surface area contributed by atoms with E-state index < -0.39 is 0 Å². The summed E-state index contributed by atoms with van der Waals surface area (Å²) in [5, 5.41) is 9.05. The van der Waals surface area contributed by atoms with Gasteiger partial charge in [0.2, 0.25) is 0 Å². The average Bonchev–Trinajstić information content (AvgIpc) is 2.46. The van der Waals surface area contributed by atoms with E-state index in [1.165, 1.54) is 9.13 Å². The Morgan fingerprint density at radius 1 is 1.05 bits per heavy atom. The summed E-state index contributed by atoms with van der Waals surface area (Å²) in [6.07, 6.45) is 0. The van der Waals surface area contributed by atoms with E-state index in [1.54, 1.807) is 46.9 Å². The van der Waals surface area contributed by atoms with Gasteiger partial charge in [0.1, 0.15) is 0 Å². The van der Waals surface area contributed by atoms with Crippen molar-refractivity contribution in [2.24, 2.45) is 7.05 Å². The summed E-state index contributed by atoms with van der Waals surface area (Å²) < 4.78 is 2.63. The highest BCUT2D eigenvalue weighted by Crippen LogP contribution is 2.17. The number of nitrogens with zero attached hydrogens (tertiary/aromatic N) is 3. The van der Waals surface area contributed by atoms with Crippen molar-refractivity contribution < 1.29 is 0 Å². The summed E-state index contributed by atoms with van der Waals surface area (Å²) in [4.78, 5) is 24.9. The molecule has 0 amide bonds. The van der Waals surface area contributed by atoms with Gasteiger partial charge in [0.25, 0.3) is 5.56 Å². The molecule has 21 heavy (non-hydrogen) atoms. The second-order valence-corrected chi connectivity index (χ2v) is 5.26. The number of benzene rings is 1. The zero-order chi connectivity index (χ0) is 15.9. The molecule has 2 aromatic rings. The molecule has 0 N–H and O–H groups in total. The molecule has 0 aliphatic rings. The summed E-state index contributed by atoms with van der Waals surface area (Å²) in [5.41, 5.74) is 3.04. The van der Waals surface area contributed by atoms with Crippen molar-refractivity contribution in [1.29, 1.82) is 5.26 Å². The van der Waals surface area contributed by atoms with E-state index in [1.807, 2.05) is 0 Å². The molecule has 0 unspecified atom stereocenters. The second-order valence-electron chi connectivity index (χ2n) is 5.26. The average molecular weight is 283 g/mol. The summed E-state index contributed by atoms with van der Waals surface area (Å²) in [5.74, 6) is 0. The minimum Gasteiger partial charge on any atom is -0.300 e. The molecule has 0 radical (unpaired) electrons. The van der Waals surface area contributed by atoms with Crippen LogP contribution < -0.4 is 11.2 Å². The molecule has 1 heterocycles. The topological polar surface area (TPSA) is 67.8 Å². The fraction of sp³-hybridized carbons (Fsp3) is 0.312. The largest absolute Gasteiger partial charge is 0.335 e. The minimum absolute atomic E-state index is 0.317. The van der Waals surface area contributed by atoms with Gasteiger partial charge in [-0.15, -0.1) is 0 Å². The quantitative estimate of drug-likeness (QED) is 0.799. The summed E-state index contributed by atoms with van der Waals surface area (Å²) in [7, 11) is 1.65. The Hall–Kier alpha value is -2.61. The Morgan fingerprint density at radius 3 is 2.24 bits per heavy atom. The van der Waals surface area contributed by atoms with Gasteiger partial charge in [0.15, 0.2) is 0 Å². The molecule has 0 atom stereocenters. The van der Waals surface area contributed by atoms with Crippen LogP contribution in [0.1, 0.15) is 27.9 Å². The number of nitriles is 1. The Labute approximate surface area is 122 Å². The van der Waals surface area contributed by atoms with Crippen LogP contribution in [0.25, 0.3) is 5.69 Å². The van der Waals surface area contributed by atoms with Crippen molar-refractivity contribution in [2.75, 3.05) is 0 Å². The van der Waals surface area contributed by atoms with E-state index in [2.05, 4.69) is 6.07 Å². The molecule has 0 fully saturated rings. The van der Waals surface area contributed by atoms with E-state index >= 15 is 0 Å². The van der Waals surface area contributed by atoms with Crippen LogP contribution in [0, 0.1) is 39.0 Å². The van der Waals surface area contributed by atoms with E-state index in [-0.39, 0.29) is 11.2 Å². The Kier molecular flexibility index (Phi) is 3.56. The molecular formula is C16H17N3O2. The smallest absolute Gasteiger partial charge is 0.300 e. The monoisotopic (exact) mass is 283 g/mol. The summed E-state index contributed by atoms with van der Waals surface area (Å²) in [6.45, 7) is 7.04. The van der Waals surface area contributed by atoms with Crippen molar-refractivity contribution in [3.05, 3.63) is 60.9 Å². The van der Waals surface area contributed by atoms with Crippen molar-refractivity contribution in [1.82, 2.24) is 9.13 Å². The maximum absolute atomic E-state index is 12.5. The number of hydrogen-bond acceptors (Lipinski definition) is 3. The number of aromatic nitrogens is 2. The predicted molar refractivity (Wildman–Crippen MR) is 80.9 cm³/mol. The molecule has 108 valence electrons. The highest BCUT2D eigenvalue weighted by atomic mass is 16.2. The molecule has 1 aromatic heterocycles. The molecule has 5 nitrogen and oxygen atoms in total. The third-order valence-electron chi connectivity index (χ3n) is 3.95. The van der Waals surface area contributed by atoms with Gasteiger partial charge in [-0.1, -0.05) is 0 Å². The third-order valence-corrected chi connectivity index (χ3v) is 3.95. The van der Waals surface area contributed by atoms with Crippen LogP contribution in [0.15, 0.2) is 21.7 Å². The van der Waals surface area contributed by atoms with Crippen LogP contribution in [0.3, 0.4) is 0 Å². The molecule has 0 spiro atoms. The van der Waals surface area contributed by atoms with Crippen LogP contribution in [0.4, 0.5) is 0 Å². The molecule has 2 rings (SSSR count). The zero-order valence-electron chi connectivity index (χ0n) is 12.8. The van der Waals surface area contributed by atoms with Crippen LogP contribution >= 0.6 is 0 Å². The normalized spacial score (nSPS) is 10.5. The fourth-order valence-electron chi connectivity index (χ4n) is 2.33. The first-order chi connectivity index (χ1) is 9.79. The van der Waals surface area contributed by atoms with E-state index in [9.17, 15) is 9.59 Å². The molecule has 5 heteroatoms. The van der Waals surface area contributed by atoms with Crippen LogP contribution in [0.2, 0.25) is 0 Å². The first-order valence-electron chi connectivity index (χ1n) is 6.60. The van der Waals surface area contributed by atoms with Gasteiger partial charge < -0.3 is 4.57 Å². The maximum Gasteiger partial charge on any atom is 0.335 e. The van der Waals surface area contributed by atoms with Crippen molar-refractivity contribution in [3.8, 4) is 11.8 Å². The van der Waals surface area contributed by atoms with Gasteiger partial charge in [-0.05, 0) is 51.0 Å². The Balaban J connectivity index is 2.94. The van der Waals surface area contributed by atoms with E-state index in [0.29, 0.717) is 22.5 Å². The van der Waals surface area contributed by atoms with Crippen LogP contribution in [-0.2, 0) is 7.05 Å². The standard InChI is InChI=1S/C16H17N3O2/c1-9-7-14(10(2)6-13(9)8-17)19-15(20)11(3)12(4)18(5)16(19)21/h6-7H,1-5H3.